The topological polar surface area (TPSA) is 72.4 Å². The summed E-state index contributed by atoms with van der Waals surface area (Å²) in [6.07, 6.45) is 3.18. The van der Waals surface area contributed by atoms with Crippen LogP contribution in [0.15, 0.2) is 30.6 Å². The summed E-state index contributed by atoms with van der Waals surface area (Å²) in [5.41, 5.74) is 0. The number of aliphatic hydroxyl groups is 1. The Bertz CT molecular complexity index is 580. The molecule has 19 heavy (non-hydrogen) atoms. The van der Waals surface area contributed by atoms with Gasteiger partial charge in [0.15, 0.2) is 4.77 Å². The minimum absolute atomic E-state index is 0.00834. The first-order valence-electron chi connectivity index (χ1n) is 5.85. The minimum Gasteiger partial charge on any atom is -0.493 e. The van der Waals surface area contributed by atoms with Crippen LogP contribution in [0.1, 0.15) is 0 Å². The Kier molecular flexibility index (Phi) is 4.67. The lowest BCUT2D eigenvalue weighted by Crippen LogP contribution is -2.08. The normalized spacial score (nSPS) is 10.8. The lowest BCUT2D eigenvalue weighted by molar-refractivity contribution is 0.0867. The molecular weight excluding hydrogens is 266 g/mol. The van der Waals surface area contributed by atoms with Crippen LogP contribution in [-0.4, -0.2) is 44.2 Å². The smallest absolute Gasteiger partial charge is 0.216 e. The predicted molar refractivity (Wildman–Crippen MR) is 72.0 cm³/mol. The summed E-state index contributed by atoms with van der Waals surface area (Å²) < 4.78 is 8.81. The Hall–Kier alpha value is -1.70. The van der Waals surface area contributed by atoms with E-state index in [1.807, 2.05) is 6.07 Å². The van der Waals surface area contributed by atoms with Crippen LogP contribution in [0, 0.1) is 4.77 Å². The molecule has 0 saturated carbocycles. The Labute approximate surface area is 115 Å². The number of nitrogens with zero attached hydrogens (tertiary/aromatic N) is 3. The van der Waals surface area contributed by atoms with E-state index in [9.17, 15) is 5.11 Å². The summed E-state index contributed by atoms with van der Waals surface area (Å²) in [4.78, 5) is 4.15. The molecule has 0 amide bonds. The Morgan fingerprint density at radius 2 is 2.16 bits per heavy atom. The van der Waals surface area contributed by atoms with Gasteiger partial charge in [0.1, 0.15) is 5.82 Å². The van der Waals surface area contributed by atoms with E-state index in [0.717, 1.165) is 0 Å². The fourth-order valence-corrected chi connectivity index (χ4v) is 2.00. The molecule has 102 valence electrons. The van der Waals surface area contributed by atoms with Gasteiger partial charge in [0.2, 0.25) is 5.88 Å². The summed E-state index contributed by atoms with van der Waals surface area (Å²) in [6, 6.07) is 5.39. The van der Waals surface area contributed by atoms with E-state index in [-0.39, 0.29) is 12.5 Å². The molecule has 6 nitrogen and oxygen atoms in total. The number of ether oxygens (including phenoxy) is 1. The minimum atomic E-state index is -0.00834. The van der Waals surface area contributed by atoms with Gasteiger partial charge < -0.3 is 19.5 Å². The third-order valence-electron chi connectivity index (χ3n) is 2.53. The van der Waals surface area contributed by atoms with Crippen molar-refractivity contribution in [3.05, 3.63) is 35.4 Å². The van der Waals surface area contributed by atoms with Crippen molar-refractivity contribution in [3.8, 4) is 11.7 Å². The van der Waals surface area contributed by atoms with Crippen LogP contribution in [-0.2, 0) is 11.3 Å². The van der Waals surface area contributed by atoms with E-state index in [4.69, 9.17) is 22.1 Å². The summed E-state index contributed by atoms with van der Waals surface area (Å²) in [5.74, 6) is 0.603. The third-order valence-corrected chi connectivity index (χ3v) is 2.95. The number of hydrogen-bond acceptors (Lipinski definition) is 5. The fraction of sp³-hybridized carbons (Fsp3) is 0.333. The van der Waals surface area contributed by atoms with Crippen molar-refractivity contribution in [1.29, 1.82) is 0 Å². The van der Waals surface area contributed by atoms with Crippen molar-refractivity contribution in [1.82, 2.24) is 14.1 Å². The SMILES string of the molecule is OCCOCCn1cc(O)n(-c2ccccn2)c1=S. The molecule has 2 heterocycles. The van der Waals surface area contributed by atoms with Gasteiger partial charge in [0.05, 0.1) is 26.0 Å². The second-order valence-electron chi connectivity index (χ2n) is 3.82. The van der Waals surface area contributed by atoms with Gasteiger partial charge >= 0.3 is 0 Å². The highest BCUT2D eigenvalue weighted by atomic mass is 32.1. The average Bonchev–Trinajstić information content (AvgIpc) is 2.71. The number of hydrogen-bond donors (Lipinski definition) is 2. The monoisotopic (exact) mass is 281 g/mol. The molecule has 0 aliphatic heterocycles. The zero-order valence-electron chi connectivity index (χ0n) is 10.3. The zero-order chi connectivity index (χ0) is 13.7. The Morgan fingerprint density at radius 3 is 2.84 bits per heavy atom. The van der Waals surface area contributed by atoms with Gasteiger partial charge in [-0.05, 0) is 24.4 Å². The first-order chi connectivity index (χ1) is 9.24. The molecule has 0 aliphatic carbocycles. The van der Waals surface area contributed by atoms with E-state index in [1.165, 1.54) is 4.57 Å². The second kappa shape index (κ2) is 6.46. The number of rotatable bonds is 6. The van der Waals surface area contributed by atoms with Crippen molar-refractivity contribution in [2.75, 3.05) is 19.8 Å². The lowest BCUT2D eigenvalue weighted by atomic mass is 10.4. The van der Waals surface area contributed by atoms with Crippen LogP contribution >= 0.6 is 12.2 Å². The molecule has 2 aromatic rings. The number of pyridine rings is 1. The van der Waals surface area contributed by atoms with Gasteiger partial charge in [-0.25, -0.2) is 9.55 Å². The Morgan fingerprint density at radius 1 is 1.32 bits per heavy atom. The maximum absolute atomic E-state index is 9.92. The molecule has 2 N–H and O–H groups in total. The number of aromatic hydroxyl groups is 1. The largest absolute Gasteiger partial charge is 0.493 e. The predicted octanol–water partition coefficient (Wildman–Crippen LogP) is 1.12. The molecule has 0 spiro atoms. The third kappa shape index (κ3) is 3.19. The summed E-state index contributed by atoms with van der Waals surface area (Å²) in [5, 5.41) is 18.5. The van der Waals surface area contributed by atoms with Gasteiger partial charge in [0.25, 0.3) is 0 Å². The highest BCUT2D eigenvalue weighted by Gasteiger charge is 2.09. The van der Waals surface area contributed by atoms with Gasteiger partial charge in [-0.3, -0.25) is 0 Å². The number of aromatic nitrogens is 3. The van der Waals surface area contributed by atoms with Crippen molar-refractivity contribution in [2.24, 2.45) is 0 Å². The first-order valence-corrected chi connectivity index (χ1v) is 6.26. The van der Waals surface area contributed by atoms with E-state index >= 15 is 0 Å². The van der Waals surface area contributed by atoms with Crippen LogP contribution in [0.3, 0.4) is 0 Å². The molecule has 0 saturated heterocycles. The molecular formula is C12H15N3O3S. The van der Waals surface area contributed by atoms with Crippen molar-refractivity contribution < 1.29 is 14.9 Å². The van der Waals surface area contributed by atoms with Crippen molar-refractivity contribution in [3.63, 3.8) is 0 Å². The molecule has 2 rings (SSSR count). The zero-order valence-corrected chi connectivity index (χ0v) is 11.1. The number of imidazole rings is 1. The lowest BCUT2D eigenvalue weighted by Gasteiger charge is -2.04. The Balaban J connectivity index is 2.19. The average molecular weight is 281 g/mol. The molecule has 7 heteroatoms. The van der Waals surface area contributed by atoms with Crippen LogP contribution in [0.4, 0.5) is 0 Å². The van der Waals surface area contributed by atoms with Gasteiger partial charge in [-0.15, -0.1) is 0 Å². The van der Waals surface area contributed by atoms with Gasteiger partial charge in [-0.2, -0.15) is 0 Å². The second-order valence-corrected chi connectivity index (χ2v) is 4.19. The maximum Gasteiger partial charge on any atom is 0.216 e. The van der Waals surface area contributed by atoms with E-state index < -0.39 is 0 Å². The van der Waals surface area contributed by atoms with Crippen molar-refractivity contribution >= 4 is 12.2 Å². The quantitative estimate of drug-likeness (QED) is 0.613. The summed E-state index contributed by atoms with van der Waals surface area (Å²) in [6.45, 7) is 1.21. The van der Waals surface area contributed by atoms with Crippen LogP contribution in [0.2, 0.25) is 0 Å². The van der Waals surface area contributed by atoms with Crippen LogP contribution in [0.25, 0.3) is 5.82 Å². The molecule has 0 fully saturated rings. The molecule has 0 atom stereocenters. The highest BCUT2D eigenvalue weighted by molar-refractivity contribution is 7.71. The van der Waals surface area contributed by atoms with E-state index in [0.29, 0.717) is 30.3 Å². The molecule has 0 aromatic carbocycles. The molecule has 2 aromatic heterocycles. The molecule has 0 unspecified atom stereocenters. The van der Waals surface area contributed by atoms with Crippen molar-refractivity contribution in [2.45, 2.75) is 6.54 Å². The number of aliphatic hydroxyl groups excluding tert-OH is 1. The van der Waals surface area contributed by atoms with E-state index in [1.54, 1.807) is 29.1 Å². The molecule has 0 aliphatic rings. The summed E-state index contributed by atoms with van der Waals surface area (Å²) in [7, 11) is 0. The van der Waals surface area contributed by atoms with Gasteiger partial charge in [-0.1, -0.05) is 6.07 Å². The standard InChI is InChI=1S/C12H15N3O3S/c16-6-8-18-7-5-14-9-11(17)15(12(14)19)10-3-1-2-4-13-10/h1-4,9,16-17H,5-8H2. The summed E-state index contributed by atoms with van der Waals surface area (Å²) >= 11 is 5.29. The maximum atomic E-state index is 9.92. The van der Waals surface area contributed by atoms with Crippen LogP contribution < -0.4 is 0 Å². The molecule has 0 bridgehead atoms. The molecule has 0 radical (unpaired) electrons. The highest BCUT2D eigenvalue weighted by Crippen LogP contribution is 2.17. The first kappa shape index (κ1) is 13.7. The van der Waals surface area contributed by atoms with Gasteiger partial charge in [0, 0.05) is 12.7 Å². The van der Waals surface area contributed by atoms with Crippen LogP contribution in [0.5, 0.6) is 5.88 Å². The fourth-order valence-electron chi connectivity index (χ4n) is 1.67. The van der Waals surface area contributed by atoms with E-state index in [2.05, 4.69) is 4.98 Å².